The van der Waals surface area contributed by atoms with Crippen LogP contribution < -0.4 is 24.8 Å². The highest BCUT2D eigenvalue weighted by Gasteiger charge is 2.62. The number of carbonyl (C=O) groups is 3. The molecule has 1 aromatic carbocycles. The van der Waals surface area contributed by atoms with Gasteiger partial charge in [-0.15, -0.1) is 0 Å². The highest BCUT2D eigenvalue weighted by atomic mass is 16.5. The average molecular weight is 658 g/mol. The van der Waals surface area contributed by atoms with Crippen LogP contribution in [0.1, 0.15) is 51.9 Å². The van der Waals surface area contributed by atoms with Crippen molar-refractivity contribution >= 4 is 34.2 Å². The maximum Gasteiger partial charge on any atom is 0.332 e. The Kier molecular flexibility index (Phi) is 9.98. The van der Waals surface area contributed by atoms with E-state index in [9.17, 15) is 14.4 Å². The van der Waals surface area contributed by atoms with Gasteiger partial charge in [0.1, 0.15) is 29.5 Å². The van der Waals surface area contributed by atoms with E-state index in [0.717, 1.165) is 36.5 Å². The highest BCUT2D eigenvalue weighted by molar-refractivity contribution is 5.96. The summed E-state index contributed by atoms with van der Waals surface area (Å²) >= 11 is 0. The molecule has 2 aromatic heterocycles. The van der Waals surface area contributed by atoms with Crippen molar-refractivity contribution in [1.82, 2.24) is 20.2 Å². The number of ether oxygens (including phenoxy) is 4. The van der Waals surface area contributed by atoms with E-state index >= 15 is 0 Å². The van der Waals surface area contributed by atoms with Gasteiger partial charge in [0.15, 0.2) is 0 Å². The number of hydrogen-bond acceptors (Lipinski definition) is 10. The number of hydrogen-bond donors (Lipinski definition) is 2. The van der Waals surface area contributed by atoms with Crippen LogP contribution in [-0.2, 0) is 19.1 Å². The minimum atomic E-state index is -1.15. The van der Waals surface area contributed by atoms with Crippen molar-refractivity contribution in [2.24, 2.45) is 5.92 Å². The second kappa shape index (κ2) is 14.5. The summed E-state index contributed by atoms with van der Waals surface area (Å²) < 4.78 is 22.5. The Hall–Kier alpha value is -4.87. The summed E-state index contributed by atoms with van der Waals surface area (Å²) in [6.07, 6.45) is 11.6. The number of anilines is 1. The molecule has 1 aliphatic carbocycles. The molecule has 4 heterocycles. The van der Waals surface area contributed by atoms with Gasteiger partial charge in [0.25, 0.3) is 0 Å². The maximum absolute atomic E-state index is 14.5. The van der Waals surface area contributed by atoms with E-state index < -0.39 is 35.6 Å². The largest absolute Gasteiger partial charge is 0.497 e. The molecule has 2 N–H and O–H groups in total. The standard InChI is InChI=1S/C36H43N5O7/c1-4-47-35(44)36-20-24(36)10-8-6-5-7-9-11-29(39-25-12-15-31(46-3)38-21-25)34(43)41-22-27(19-30(41)32(42)40-36)48-33-28-14-13-26(45-2)18-23(28)16-17-37-33/h8,10,12-18,21,24,27,29-30,39H,4-7,9,11,19-20,22H2,1-3H3,(H,40,42)/b10-8-/t24-,27+,29-,30-,36+/m0/s1. The number of benzene rings is 1. The monoisotopic (exact) mass is 657 g/mol. The third kappa shape index (κ3) is 7.02. The van der Waals surface area contributed by atoms with Gasteiger partial charge in [-0.2, -0.15) is 0 Å². The molecule has 1 saturated carbocycles. The fourth-order valence-electron chi connectivity index (χ4n) is 6.69. The predicted molar refractivity (Wildman–Crippen MR) is 179 cm³/mol. The molecule has 0 radical (unpaired) electrons. The van der Waals surface area contributed by atoms with Crippen LogP contribution in [0.15, 0.2) is 60.9 Å². The number of methoxy groups -OCH3 is 2. The maximum atomic E-state index is 14.5. The molecule has 1 saturated heterocycles. The lowest BCUT2D eigenvalue weighted by molar-refractivity contribution is -0.150. The first-order chi connectivity index (χ1) is 23.3. The van der Waals surface area contributed by atoms with Gasteiger partial charge in [-0.25, -0.2) is 14.8 Å². The zero-order valence-corrected chi connectivity index (χ0v) is 27.6. The van der Waals surface area contributed by atoms with E-state index in [-0.39, 0.29) is 31.4 Å². The third-order valence-electron chi connectivity index (χ3n) is 9.38. The SMILES string of the molecule is CCOC(=O)[C@@]12C[C@@H]1/C=C\CCCCC[C@H](Nc1ccc(OC)nc1)C(=O)N1C[C@H](Oc3nccc4cc(OC)ccc34)C[C@H]1C(=O)N2. The van der Waals surface area contributed by atoms with Gasteiger partial charge >= 0.3 is 5.97 Å². The molecule has 3 aliphatic rings. The Bertz CT molecular complexity index is 1660. The quantitative estimate of drug-likeness (QED) is 0.264. The van der Waals surface area contributed by atoms with Crippen LogP contribution in [-0.4, -0.2) is 83.7 Å². The topological polar surface area (TPSA) is 141 Å². The number of aromatic nitrogens is 2. The van der Waals surface area contributed by atoms with Gasteiger partial charge in [0.05, 0.1) is 39.3 Å². The zero-order valence-electron chi connectivity index (χ0n) is 27.6. The van der Waals surface area contributed by atoms with E-state index in [1.807, 2.05) is 36.4 Å². The Balaban J connectivity index is 1.31. The molecule has 2 amide bonds. The van der Waals surface area contributed by atoms with Crippen molar-refractivity contribution in [2.45, 2.75) is 75.6 Å². The van der Waals surface area contributed by atoms with Crippen LogP contribution in [0.4, 0.5) is 5.69 Å². The molecule has 0 bridgehead atoms. The van der Waals surface area contributed by atoms with E-state index in [2.05, 4.69) is 26.7 Å². The number of amides is 2. The number of nitrogens with one attached hydrogen (secondary N) is 2. The molecule has 0 unspecified atom stereocenters. The minimum absolute atomic E-state index is 0.167. The molecule has 3 aromatic rings. The molecule has 12 nitrogen and oxygen atoms in total. The number of allylic oxidation sites excluding steroid dienone is 1. The van der Waals surface area contributed by atoms with E-state index in [0.29, 0.717) is 36.0 Å². The zero-order chi connectivity index (χ0) is 33.7. The first-order valence-corrected chi connectivity index (χ1v) is 16.7. The summed E-state index contributed by atoms with van der Waals surface area (Å²) in [5.41, 5.74) is -0.486. The minimum Gasteiger partial charge on any atom is -0.497 e. The summed E-state index contributed by atoms with van der Waals surface area (Å²) in [5, 5.41) is 8.08. The van der Waals surface area contributed by atoms with Crippen molar-refractivity contribution in [3.8, 4) is 17.5 Å². The molecule has 2 fully saturated rings. The average Bonchev–Trinajstić information content (AvgIpc) is 3.63. The lowest BCUT2D eigenvalue weighted by Crippen LogP contribution is -2.55. The number of esters is 1. The predicted octanol–water partition coefficient (Wildman–Crippen LogP) is 4.43. The normalized spacial score (nSPS) is 26.6. The van der Waals surface area contributed by atoms with Gasteiger partial charge in [-0.1, -0.05) is 25.0 Å². The van der Waals surface area contributed by atoms with Gasteiger partial charge < -0.3 is 34.5 Å². The van der Waals surface area contributed by atoms with Gasteiger partial charge in [0.2, 0.25) is 23.6 Å². The van der Waals surface area contributed by atoms with Crippen LogP contribution in [0.5, 0.6) is 17.5 Å². The number of fused-ring (bicyclic) bond motifs is 3. The fraction of sp³-hybridized carbons (Fsp3) is 0.472. The van der Waals surface area contributed by atoms with Crippen molar-refractivity contribution in [1.29, 1.82) is 0 Å². The molecule has 48 heavy (non-hydrogen) atoms. The number of carbonyl (C=O) groups excluding carboxylic acids is 3. The number of nitrogens with zero attached hydrogens (tertiary/aromatic N) is 3. The van der Waals surface area contributed by atoms with Crippen LogP contribution in [0.25, 0.3) is 10.8 Å². The van der Waals surface area contributed by atoms with E-state index in [1.54, 1.807) is 44.5 Å². The second-order valence-electron chi connectivity index (χ2n) is 12.5. The summed E-state index contributed by atoms with van der Waals surface area (Å²) in [6, 6.07) is 9.55. The molecule has 0 spiro atoms. The van der Waals surface area contributed by atoms with Crippen molar-refractivity contribution < 1.29 is 33.3 Å². The fourth-order valence-corrected chi connectivity index (χ4v) is 6.69. The summed E-state index contributed by atoms with van der Waals surface area (Å²) in [6.45, 7) is 2.12. The lowest BCUT2D eigenvalue weighted by atomic mass is 10.0. The summed E-state index contributed by atoms with van der Waals surface area (Å²) in [4.78, 5) is 52.3. The van der Waals surface area contributed by atoms with Gasteiger partial charge in [-0.05, 0) is 68.3 Å². The van der Waals surface area contributed by atoms with Gasteiger partial charge in [0, 0.05) is 30.0 Å². The van der Waals surface area contributed by atoms with Crippen molar-refractivity contribution in [3.63, 3.8) is 0 Å². The molecule has 6 rings (SSSR count). The van der Waals surface area contributed by atoms with Crippen LogP contribution >= 0.6 is 0 Å². The lowest BCUT2D eigenvalue weighted by Gasteiger charge is -2.30. The van der Waals surface area contributed by atoms with E-state index in [1.165, 1.54) is 0 Å². The molecule has 254 valence electrons. The van der Waals surface area contributed by atoms with Crippen molar-refractivity contribution in [3.05, 3.63) is 60.9 Å². The first-order valence-electron chi connectivity index (χ1n) is 16.7. The number of rotatable bonds is 8. The van der Waals surface area contributed by atoms with E-state index in [4.69, 9.17) is 18.9 Å². The molecule has 5 atom stereocenters. The second-order valence-corrected chi connectivity index (χ2v) is 12.5. The number of pyridine rings is 2. The summed E-state index contributed by atoms with van der Waals surface area (Å²) in [5.74, 6) is 0.327. The Labute approximate surface area is 280 Å². The molecular formula is C36H43N5O7. The van der Waals surface area contributed by atoms with Gasteiger partial charge in [-0.3, -0.25) is 9.59 Å². The highest BCUT2D eigenvalue weighted by Crippen LogP contribution is 2.46. The smallest absolute Gasteiger partial charge is 0.332 e. The van der Waals surface area contributed by atoms with Crippen molar-refractivity contribution in [2.75, 3.05) is 32.7 Å². The van der Waals surface area contributed by atoms with Crippen LogP contribution in [0.2, 0.25) is 0 Å². The third-order valence-corrected chi connectivity index (χ3v) is 9.38. The molecular weight excluding hydrogens is 614 g/mol. The van der Waals surface area contributed by atoms with Crippen LogP contribution in [0, 0.1) is 5.92 Å². The molecule has 2 aliphatic heterocycles. The Morgan fingerprint density at radius 1 is 1.08 bits per heavy atom. The summed E-state index contributed by atoms with van der Waals surface area (Å²) in [7, 11) is 3.16. The Morgan fingerprint density at radius 3 is 2.73 bits per heavy atom. The molecule has 12 heteroatoms. The Morgan fingerprint density at radius 2 is 1.96 bits per heavy atom. The van der Waals surface area contributed by atoms with Crippen LogP contribution in [0.3, 0.4) is 0 Å². The first kappa shape index (κ1) is 33.0.